The molecule has 7 heteroatoms. The van der Waals surface area contributed by atoms with Crippen molar-refractivity contribution in [2.45, 2.75) is 18.9 Å². The number of nitro benzene ring substituents is 1. The highest BCUT2D eigenvalue weighted by atomic mass is 16.6. The van der Waals surface area contributed by atoms with Crippen LogP contribution in [0.15, 0.2) is 18.2 Å². The highest BCUT2D eigenvalue weighted by Gasteiger charge is 2.25. The average Bonchev–Trinajstić information content (AvgIpc) is 2.46. The lowest BCUT2D eigenvalue weighted by Crippen LogP contribution is -2.42. The summed E-state index contributed by atoms with van der Waals surface area (Å²) in [5, 5.41) is 20.1. The van der Waals surface area contributed by atoms with Crippen LogP contribution in [0.3, 0.4) is 0 Å². The smallest absolute Gasteiger partial charge is 0.338 e. The molecule has 0 unspecified atom stereocenters. The van der Waals surface area contributed by atoms with Gasteiger partial charge in [0.25, 0.3) is 5.69 Å². The summed E-state index contributed by atoms with van der Waals surface area (Å²) in [5.41, 5.74) is 0.358. The molecule has 7 nitrogen and oxygen atoms in total. The zero-order valence-corrected chi connectivity index (χ0v) is 12.2. The lowest BCUT2D eigenvalue weighted by molar-refractivity contribution is -0.384. The number of hydrogen-bond donors (Lipinski definition) is 1. The molecule has 0 radical (unpaired) electrons. The first-order chi connectivity index (χ1) is 9.90. The van der Waals surface area contributed by atoms with Gasteiger partial charge in [-0.05, 0) is 33.0 Å². The molecule has 1 aliphatic heterocycles. The minimum atomic E-state index is -1.14. The Morgan fingerprint density at radius 3 is 2.48 bits per heavy atom. The van der Waals surface area contributed by atoms with E-state index in [0.29, 0.717) is 11.7 Å². The number of nitro groups is 1. The van der Waals surface area contributed by atoms with E-state index in [-0.39, 0.29) is 11.3 Å². The van der Waals surface area contributed by atoms with Crippen LogP contribution in [0.4, 0.5) is 11.4 Å². The number of non-ortho nitro benzene ring substituents is 1. The molecular weight excluding hydrogens is 274 g/mol. The van der Waals surface area contributed by atoms with Gasteiger partial charge in [-0.1, -0.05) is 0 Å². The summed E-state index contributed by atoms with van der Waals surface area (Å²) in [6, 6.07) is 4.53. The number of carboxylic acid groups (broad SMARTS) is 1. The van der Waals surface area contributed by atoms with Crippen LogP contribution in [0.2, 0.25) is 0 Å². The third-order valence-electron chi connectivity index (χ3n) is 3.96. The highest BCUT2D eigenvalue weighted by molar-refractivity contribution is 5.95. The van der Waals surface area contributed by atoms with E-state index in [1.807, 2.05) is 19.0 Å². The second-order valence-electron chi connectivity index (χ2n) is 5.45. The van der Waals surface area contributed by atoms with Crippen LogP contribution in [-0.4, -0.2) is 54.1 Å². The third-order valence-corrected chi connectivity index (χ3v) is 3.96. The van der Waals surface area contributed by atoms with Gasteiger partial charge in [0.15, 0.2) is 0 Å². The molecule has 0 aliphatic carbocycles. The number of carboxylic acids is 1. The van der Waals surface area contributed by atoms with Gasteiger partial charge in [-0.15, -0.1) is 0 Å². The molecule has 0 bridgehead atoms. The molecule has 1 aromatic carbocycles. The molecule has 1 aliphatic rings. The van der Waals surface area contributed by atoms with E-state index >= 15 is 0 Å². The van der Waals surface area contributed by atoms with Gasteiger partial charge in [0, 0.05) is 31.3 Å². The first-order valence-electron chi connectivity index (χ1n) is 6.83. The Morgan fingerprint density at radius 2 is 2.00 bits per heavy atom. The summed E-state index contributed by atoms with van der Waals surface area (Å²) in [5.74, 6) is -1.14. The van der Waals surface area contributed by atoms with Crippen molar-refractivity contribution in [1.82, 2.24) is 4.90 Å². The van der Waals surface area contributed by atoms with Crippen molar-refractivity contribution in [2.75, 3.05) is 32.1 Å². The van der Waals surface area contributed by atoms with E-state index in [2.05, 4.69) is 4.90 Å². The zero-order valence-electron chi connectivity index (χ0n) is 12.2. The van der Waals surface area contributed by atoms with Crippen molar-refractivity contribution in [3.8, 4) is 0 Å². The average molecular weight is 293 g/mol. The number of hydrogen-bond acceptors (Lipinski definition) is 5. The maximum absolute atomic E-state index is 11.4. The number of nitrogens with zero attached hydrogens (tertiary/aromatic N) is 3. The Bertz CT molecular complexity index is 551. The topological polar surface area (TPSA) is 86.9 Å². The summed E-state index contributed by atoms with van der Waals surface area (Å²) in [6.45, 7) is 1.50. The normalized spacial score (nSPS) is 16.2. The lowest BCUT2D eigenvalue weighted by atomic mass is 10.0. The summed E-state index contributed by atoms with van der Waals surface area (Å²) in [7, 11) is 4.07. The fourth-order valence-corrected chi connectivity index (χ4v) is 2.71. The molecule has 2 rings (SSSR count). The predicted octanol–water partition coefficient (Wildman–Crippen LogP) is 1.82. The summed E-state index contributed by atoms with van der Waals surface area (Å²) in [4.78, 5) is 25.7. The molecule has 1 N–H and O–H groups in total. The van der Waals surface area contributed by atoms with Crippen LogP contribution in [0.25, 0.3) is 0 Å². The summed E-state index contributed by atoms with van der Waals surface area (Å²) < 4.78 is 0. The summed E-state index contributed by atoms with van der Waals surface area (Å²) >= 11 is 0. The Balaban J connectivity index is 2.24. The van der Waals surface area contributed by atoms with Crippen LogP contribution in [0, 0.1) is 10.1 Å². The molecule has 21 heavy (non-hydrogen) atoms. The Kier molecular flexibility index (Phi) is 4.42. The quantitative estimate of drug-likeness (QED) is 0.673. The minimum absolute atomic E-state index is 0.00694. The highest BCUT2D eigenvalue weighted by Crippen LogP contribution is 2.28. The molecule has 1 aromatic rings. The predicted molar refractivity (Wildman–Crippen MR) is 79.0 cm³/mol. The van der Waals surface area contributed by atoms with Crippen molar-refractivity contribution in [3.63, 3.8) is 0 Å². The molecule has 0 atom stereocenters. The van der Waals surface area contributed by atoms with E-state index < -0.39 is 10.9 Å². The molecule has 0 spiro atoms. The van der Waals surface area contributed by atoms with Crippen molar-refractivity contribution in [3.05, 3.63) is 33.9 Å². The second-order valence-corrected chi connectivity index (χ2v) is 5.45. The number of benzene rings is 1. The molecule has 0 amide bonds. The van der Waals surface area contributed by atoms with Crippen molar-refractivity contribution in [2.24, 2.45) is 0 Å². The summed E-state index contributed by atoms with van der Waals surface area (Å²) in [6.07, 6.45) is 1.89. The molecule has 1 fully saturated rings. The lowest BCUT2D eigenvalue weighted by Gasteiger charge is -2.36. The first-order valence-corrected chi connectivity index (χ1v) is 6.83. The molecule has 0 aromatic heterocycles. The molecule has 114 valence electrons. The number of carbonyl (C=O) groups is 1. The minimum Gasteiger partial charge on any atom is -0.478 e. The van der Waals surface area contributed by atoms with E-state index in [0.717, 1.165) is 32.0 Å². The van der Waals surface area contributed by atoms with E-state index in [1.54, 1.807) is 0 Å². The number of rotatable bonds is 4. The number of anilines is 1. The first kappa shape index (κ1) is 15.2. The SMILES string of the molecule is CN(C)C1CCN(c2ccc([N+](=O)[O-])cc2C(=O)O)CC1. The van der Waals surface area contributed by atoms with Crippen LogP contribution in [0.1, 0.15) is 23.2 Å². The van der Waals surface area contributed by atoms with Gasteiger partial charge in [0.2, 0.25) is 0 Å². The third kappa shape index (κ3) is 3.30. The molecule has 0 saturated carbocycles. The van der Waals surface area contributed by atoms with Gasteiger partial charge in [-0.2, -0.15) is 0 Å². The van der Waals surface area contributed by atoms with Gasteiger partial charge >= 0.3 is 5.97 Å². The Labute approximate surface area is 122 Å². The van der Waals surface area contributed by atoms with Gasteiger partial charge in [-0.25, -0.2) is 4.79 Å². The second kappa shape index (κ2) is 6.09. The Hall–Kier alpha value is -2.15. The van der Waals surface area contributed by atoms with Crippen molar-refractivity contribution >= 4 is 17.3 Å². The largest absolute Gasteiger partial charge is 0.478 e. The maximum Gasteiger partial charge on any atom is 0.338 e. The maximum atomic E-state index is 11.4. The Morgan fingerprint density at radius 1 is 1.38 bits per heavy atom. The van der Waals surface area contributed by atoms with Gasteiger partial charge in [0.1, 0.15) is 0 Å². The van der Waals surface area contributed by atoms with E-state index in [4.69, 9.17) is 0 Å². The number of aromatic carboxylic acids is 1. The van der Waals surface area contributed by atoms with Crippen LogP contribution >= 0.6 is 0 Å². The van der Waals surface area contributed by atoms with Crippen molar-refractivity contribution in [1.29, 1.82) is 0 Å². The van der Waals surface area contributed by atoms with Crippen LogP contribution in [0.5, 0.6) is 0 Å². The van der Waals surface area contributed by atoms with E-state index in [9.17, 15) is 20.0 Å². The van der Waals surface area contributed by atoms with Crippen LogP contribution < -0.4 is 4.90 Å². The van der Waals surface area contributed by atoms with Crippen molar-refractivity contribution < 1.29 is 14.8 Å². The fourth-order valence-electron chi connectivity index (χ4n) is 2.71. The molecule has 1 heterocycles. The fraction of sp³-hybridized carbons (Fsp3) is 0.500. The van der Waals surface area contributed by atoms with E-state index in [1.165, 1.54) is 12.1 Å². The zero-order chi connectivity index (χ0) is 15.6. The van der Waals surface area contributed by atoms with Gasteiger partial charge in [0.05, 0.1) is 16.2 Å². The monoisotopic (exact) mass is 293 g/mol. The van der Waals surface area contributed by atoms with Crippen LogP contribution in [-0.2, 0) is 0 Å². The van der Waals surface area contributed by atoms with Gasteiger partial charge in [-0.3, -0.25) is 10.1 Å². The molecular formula is C14H19N3O4. The number of piperidine rings is 1. The standard InChI is InChI=1S/C14H19N3O4/c1-15(2)10-5-7-16(8-6-10)13-4-3-11(17(20)21)9-12(13)14(18)19/h3-4,9-10H,5-8H2,1-2H3,(H,18,19). The molecule has 1 saturated heterocycles. The van der Waals surface area contributed by atoms with Gasteiger partial charge < -0.3 is 14.9 Å².